The third-order valence-corrected chi connectivity index (χ3v) is 5.58. The lowest BCUT2D eigenvalue weighted by molar-refractivity contribution is 0.00578. The molecule has 0 aromatic carbocycles. The number of likely N-dealkylation sites (tertiary alicyclic amines) is 1. The van der Waals surface area contributed by atoms with Gasteiger partial charge >= 0.3 is 7.12 Å². The molecule has 0 unspecified atom stereocenters. The molecule has 118 valence electrons. The van der Waals surface area contributed by atoms with Crippen molar-refractivity contribution in [1.82, 2.24) is 4.90 Å². The highest BCUT2D eigenvalue weighted by Gasteiger charge is 2.54. The van der Waals surface area contributed by atoms with E-state index in [4.69, 9.17) is 9.31 Å². The van der Waals surface area contributed by atoms with Gasteiger partial charge < -0.3 is 14.2 Å². The van der Waals surface area contributed by atoms with E-state index in [2.05, 4.69) is 4.90 Å². The average Bonchev–Trinajstić information content (AvgIpc) is 2.90. The second-order valence-electron chi connectivity index (χ2n) is 7.82. The Balaban J connectivity index is 1.56. The minimum absolute atomic E-state index is 0.175. The maximum absolute atomic E-state index is 14.5. The molecule has 1 aliphatic carbocycles. The molecule has 0 radical (unpaired) electrons. The fraction of sp³-hybridized carbons (Fsp3) is 0.875. The van der Waals surface area contributed by atoms with Gasteiger partial charge in [0.05, 0.1) is 11.2 Å². The molecule has 0 aromatic heterocycles. The van der Waals surface area contributed by atoms with Crippen LogP contribution in [0.4, 0.5) is 4.39 Å². The van der Waals surface area contributed by atoms with Crippen molar-refractivity contribution in [1.29, 1.82) is 0 Å². The van der Waals surface area contributed by atoms with Crippen molar-refractivity contribution in [2.24, 2.45) is 5.92 Å². The Morgan fingerprint density at radius 3 is 2.19 bits per heavy atom. The maximum Gasteiger partial charge on any atom is 0.525 e. The molecule has 0 aromatic rings. The molecule has 0 spiro atoms. The molecule has 0 bridgehead atoms. The van der Waals surface area contributed by atoms with E-state index in [0.29, 0.717) is 5.92 Å². The van der Waals surface area contributed by atoms with Crippen molar-refractivity contribution in [2.45, 2.75) is 64.6 Å². The average molecular weight is 295 g/mol. The Hall–Kier alpha value is -0.385. The van der Waals surface area contributed by atoms with Crippen LogP contribution in [0.2, 0.25) is 0 Å². The molecule has 0 atom stereocenters. The van der Waals surface area contributed by atoms with Crippen molar-refractivity contribution in [3.63, 3.8) is 0 Å². The Bertz CT molecular complexity index is 420. The topological polar surface area (TPSA) is 21.7 Å². The molecule has 2 aliphatic heterocycles. The van der Waals surface area contributed by atoms with E-state index in [9.17, 15) is 4.39 Å². The number of halogens is 1. The summed E-state index contributed by atoms with van der Waals surface area (Å²) >= 11 is 0. The summed E-state index contributed by atoms with van der Waals surface area (Å²) < 4.78 is 26.1. The Morgan fingerprint density at radius 2 is 1.67 bits per heavy atom. The predicted octanol–water partition coefficient (Wildman–Crippen LogP) is 3.35. The third kappa shape index (κ3) is 2.93. The lowest BCUT2D eigenvalue weighted by atomic mass is 9.72. The summed E-state index contributed by atoms with van der Waals surface area (Å²) in [5, 5.41) is 0. The fourth-order valence-corrected chi connectivity index (χ4v) is 3.40. The first-order valence-corrected chi connectivity index (χ1v) is 8.24. The molecular formula is C16H27BFNO2. The van der Waals surface area contributed by atoms with Gasteiger partial charge in [-0.2, -0.15) is 0 Å². The van der Waals surface area contributed by atoms with Gasteiger partial charge in [0.2, 0.25) is 0 Å². The highest BCUT2D eigenvalue weighted by molar-refractivity contribution is 6.53. The van der Waals surface area contributed by atoms with Gasteiger partial charge in [-0.3, -0.25) is 0 Å². The van der Waals surface area contributed by atoms with Crippen LogP contribution in [0, 0.1) is 5.92 Å². The van der Waals surface area contributed by atoms with E-state index in [-0.39, 0.29) is 5.73 Å². The lowest BCUT2D eigenvalue weighted by Crippen LogP contribution is -2.41. The van der Waals surface area contributed by atoms with Crippen LogP contribution < -0.4 is 0 Å². The first-order valence-electron chi connectivity index (χ1n) is 8.24. The van der Waals surface area contributed by atoms with Crippen LogP contribution >= 0.6 is 0 Å². The maximum atomic E-state index is 14.5. The molecule has 3 rings (SSSR count). The minimum atomic E-state index is -0.808. The first kappa shape index (κ1) is 15.5. The Labute approximate surface area is 128 Å². The van der Waals surface area contributed by atoms with Crippen LogP contribution in [-0.2, 0) is 9.31 Å². The SMILES string of the molecule is CC1(C)OB(C(F)=C2CC(CN3CCCC3)C2)OC1(C)C. The summed E-state index contributed by atoms with van der Waals surface area (Å²) in [4.78, 5) is 2.51. The van der Waals surface area contributed by atoms with Crippen LogP contribution in [-0.4, -0.2) is 42.9 Å². The highest BCUT2D eigenvalue weighted by atomic mass is 19.1. The van der Waals surface area contributed by atoms with E-state index >= 15 is 0 Å². The van der Waals surface area contributed by atoms with Crippen LogP contribution in [0.5, 0.6) is 0 Å². The van der Waals surface area contributed by atoms with E-state index in [1.165, 1.54) is 25.9 Å². The standard InChI is InChI=1S/C16H27BFNO2/c1-15(2)16(3,4)21-17(20-15)14(18)13-9-12(10-13)11-19-7-5-6-8-19/h12H,5-11H2,1-4H3. The van der Waals surface area contributed by atoms with Crippen LogP contribution in [0.15, 0.2) is 11.3 Å². The quantitative estimate of drug-likeness (QED) is 0.745. The molecule has 21 heavy (non-hydrogen) atoms. The van der Waals surface area contributed by atoms with E-state index < -0.39 is 18.3 Å². The second kappa shape index (κ2) is 5.36. The van der Waals surface area contributed by atoms with Crippen LogP contribution in [0.3, 0.4) is 0 Å². The zero-order chi connectivity index (χ0) is 15.3. The van der Waals surface area contributed by atoms with Gasteiger partial charge in [-0.05, 0) is 78.0 Å². The minimum Gasteiger partial charge on any atom is -0.398 e. The van der Waals surface area contributed by atoms with Gasteiger partial charge in [-0.25, -0.2) is 4.39 Å². The summed E-state index contributed by atoms with van der Waals surface area (Å²) in [7, 11) is -0.808. The molecular weight excluding hydrogens is 268 g/mol. The van der Waals surface area contributed by atoms with Gasteiger partial charge in [0.1, 0.15) is 5.73 Å². The molecule has 3 aliphatic rings. The Kier molecular flexibility index (Phi) is 3.96. The van der Waals surface area contributed by atoms with Crippen LogP contribution in [0.1, 0.15) is 53.4 Å². The second-order valence-corrected chi connectivity index (χ2v) is 7.82. The van der Waals surface area contributed by atoms with Gasteiger partial charge in [0, 0.05) is 6.54 Å². The smallest absolute Gasteiger partial charge is 0.398 e. The summed E-state index contributed by atoms with van der Waals surface area (Å²) in [5.74, 6) is 0.617. The fourth-order valence-electron chi connectivity index (χ4n) is 3.40. The summed E-state index contributed by atoms with van der Waals surface area (Å²) in [6.07, 6.45) is 4.37. The molecule has 3 fully saturated rings. The molecule has 0 amide bonds. The number of nitrogens with zero attached hydrogens (tertiary/aromatic N) is 1. The summed E-state index contributed by atoms with van der Waals surface area (Å²) in [6.45, 7) is 11.4. The van der Waals surface area contributed by atoms with Crippen molar-refractivity contribution in [2.75, 3.05) is 19.6 Å². The first-order chi connectivity index (χ1) is 9.78. The van der Waals surface area contributed by atoms with Gasteiger partial charge in [0.25, 0.3) is 0 Å². The molecule has 3 nitrogen and oxygen atoms in total. The molecule has 2 heterocycles. The zero-order valence-electron chi connectivity index (χ0n) is 13.7. The monoisotopic (exact) mass is 295 g/mol. The van der Waals surface area contributed by atoms with E-state index in [1.807, 2.05) is 27.7 Å². The van der Waals surface area contributed by atoms with Crippen molar-refractivity contribution in [3.8, 4) is 0 Å². The Morgan fingerprint density at radius 1 is 1.14 bits per heavy atom. The summed E-state index contributed by atoms with van der Waals surface area (Å²) in [5.41, 5.74) is -0.202. The number of hydrogen-bond acceptors (Lipinski definition) is 3. The van der Waals surface area contributed by atoms with Crippen molar-refractivity contribution in [3.05, 3.63) is 11.3 Å². The molecule has 1 saturated carbocycles. The number of hydrogen-bond donors (Lipinski definition) is 0. The van der Waals surface area contributed by atoms with Crippen LogP contribution in [0.25, 0.3) is 0 Å². The largest absolute Gasteiger partial charge is 0.525 e. The van der Waals surface area contributed by atoms with Gasteiger partial charge in [-0.15, -0.1) is 0 Å². The summed E-state index contributed by atoms with van der Waals surface area (Å²) in [6, 6.07) is 0. The van der Waals surface area contributed by atoms with Gasteiger partial charge in [-0.1, -0.05) is 0 Å². The molecule has 0 N–H and O–H groups in total. The number of rotatable bonds is 3. The lowest BCUT2D eigenvalue weighted by Gasteiger charge is -2.33. The third-order valence-electron chi connectivity index (χ3n) is 5.58. The zero-order valence-corrected chi connectivity index (χ0v) is 13.7. The van der Waals surface area contributed by atoms with Crippen molar-refractivity contribution >= 4 is 7.12 Å². The highest BCUT2D eigenvalue weighted by Crippen LogP contribution is 2.43. The normalized spacial score (nSPS) is 31.6. The van der Waals surface area contributed by atoms with E-state index in [1.54, 1.807) is 0 Å². The van der Waals surface area contributed by atoms with Gasteiger partial charge in [0.15, 0.2) is 0 Å². The van der Waals surface area contributed by atoms with E-state index in [0.717, 1.165) is 25.0 Å². The molecule has 5 heteroatoms. The van der Waals surface area contributed by atoms with Crippen molar-refractivity contribution < 1.29 is 13.7 Å². The predicted molar refractivity (Wildman–Crippen MR) is 82.6 cm³/mol. The molecule has 2 saturated heterocycles. The number of allylic oxidation sites excluding steroid dienone is 1.